The second-order valence-electron chi connectivity index (χ2n) is 7.69. The summed E-state index contributed by atoms with van der Waals surface area (Å²) in [5.41, 5.74) is 1.91. The van der Waals surface area contributed by atoms with Crippen LogP contribution in [0, 0.1) is 0 Å². The minimum atomic E-state index is -0.0796. The van der Waals surface area contributed by atoms with Crippen molar-refractivity contribution < 1.29 is 9.21 Å². The summed E-state index contributed by atoms with van der Waals surface area (Å²) in [5, 5.41) is 7.18. The molecule has 3 rings (SSSR count). The van der Waals surface area contributed by atoms with Gasteiger partial charge in [0, 0.05) is 30.8 Å². The van der Waals surface area contributed by atoms with E-state index < -0.39 is 0 Å². The van der Waals surface area contributed by atoms with Gasteiger partial charge in [-0.05, 0) is 19.3 Å². The Hall–Kier alpha value is -2.31. The van der Waals surface area contributed by atoms with E-state index in [0.717, 1.165) is 37.1 Å². The number of carbonyl (C=O) groups is 1. The van der Waals surface area contributed by atoms with Gasteiger partial charge < -0.3 is 14.6 Å². The Morgan fingerprint density at radius 1 is 1.40 bits per heavy atom. The van der Waals surface area contributed by atoms with Crippen LogP contribution in [-0.2, 0) is 19.0 Å². The average Bonchev–Trinajstić information content (AvgIpc) is 3.21. The van der Waals surface area contributed by atoms with Gasteiger partial charge in [0.1, 0.15) is 6.26 Å². The first-order valence-electron chi connectivity index (χ1n) is 8.82. The standard InChI is InChI=1S/C18H27N5O2/c1-18(2,3)15-12-25-16(21-15)10-19-17(24)23-8-6-5-7-14(23)13-9-20-22(4)11-13/h9,11-12,14H,5-8,10H2,1-4H3,(H,19,24). The summed E-state index contributed by atoms with van der Waals surface area (Å²) < 4.78 is 7.26. The normalized spacial score (nSPS) is 18.4. The molecule has 2 aromatic heterocycles. The summed E-state index contributed by atoms with van der Waals surface area (Å²) in [5.74, 6) is 0.535. The van der Waals surface area contributed by atoms with Crippen LogP contribution in [0.4, 0.5) is 4.79 Å². The molecule has 0 bridgehead atoms. The fraction of sp³-hybridized carbons (Fsp3) is 0.611. The van der Waals surface area contributed by atoms with Gasteiger partial charge in [0.05, 0.1) is 24.5 Å². The van der Waals surface area contributed by atoms with Crippen LogP contribution in [-0.4, -0.2) is 32.2 Å². The molecule has 0 saturated carbocycles. The highest BCUT2D eigenvalue weighted by atomic mass is 16.3. The molecular formula is C18H27N5O2. The molecule has 1 N–H and O–H groups in total. The van der Waals surface area contributed by atoms with Gasteiger partial charge in [0.15, 0.2) is 0 Å². The predicted octanol–water partition coefficient (Wildman–Crippen LogP) is 3.14. The lowest BCUT2D eigenvalue weighted by Gasteiger charge is -2.35. The quantitative estimate of drug-likeness (QED) is 0.927. The van der Waals surface area contributed by atoms with Crippen LogP contribution in [0.3, 0.4) is 0 Å². The summed E-state index contributed by atoms with van der Waals surface area (Å²) in [7, 11) is 1.89. The molecule has 1 aliphatic heterocycles. The van der Waals surface area contributed by atoms with Crippen LogP contribution >= 0.6 is 0 Å². The second-order valence-corrected chi connectivity index (χ2v) is 7.69. The molecular weight excluding hydrogens is 318 g/mol. The lowest BCUT2D eigenvalue weighted by Crippen LogP contribution is -2.44. The smallest absolute Gasteiger partial charge is 0.318 e. The summed E-state index contributed by atoms with van der Waals surface area (Å²) in [6.07, 6.45) is 8.61. The summed E-state index contributed by atoms with van der Waals surface area (Å²) >= 11 is 0. The number of likely N-dealkylation sites (tertiary alicyclic amines) is 1. The van der Waals surface area contributed by atoms with Crippen LogP contribution in [0.15, 0.2) is 23.1 Å². The predicted molar refractivity (Wildman–Crippen MR) is 93.9 cm³/mol. The number of nitrogens with one attached hydrogen (secondary N) is 1. The van der Waals surface area contributed by atoms with Crippen molar-refractivity contribution in [3.63, 3.8) is 0 Å². The van der Waals surface area contributed by atoms with E-state index >= 15 is 0 Å². The molecule has 1 aliphatic rings. The number of aryl methyl sites for hydroxylation is 1. The number of hydrogen-bond acceptors (Lipinski definition) is 4. The Morgan fingerprint density at radius 3 is 2.84 bits per heavy atom. The van der Waals surface area contributed by atoms with E-state index in [1.165, 1.54) is 0 Å². The van der Waals surface area contributed by atoms with E-state index in [4.69, 9.17) is 4.42 Å². The fourth-order valence-corrected chi connectivity index (χ4v) is 3.12. The Bertz CT molecular complexity index is 728. The zero-order valence-electron chi connectivity index (χ0n) is 15.5. The molecule has 1 fully saturated rings. The number of piperidine rings is 1. The first-order chi connectivity index (χ1) is 11.8. The highest BCUT2D eigenvalue weighted by molar-refractivity contribution is 5.74. The first kappa shape index (κ1) is 17.5. The molecule has 0 spiro atoms. The Morgan fingerprint density at radius 2 is 2.20 bits per heavy atom. The van der Waals surface area contributed by atoms with Gasteiger partial charge in [-0.2, -0.15) is 5.10 Å². The van der Waals surface area contributed by atoms with E-state index in [1.807, 2.05) is 24.3 Å². The van der Waals surface area contributed by atoms with Gasteiger partial charge in [-0.1, -0.05) is 20.8 Å². The molecule has 1 unspecified atom stereocenters. The molecule has 2 aromatic rings. The minimum Gasteiger partial charge on any atom is -0.447 e. The zero-order chi connectivity index (χ0) is 18.0. The molecule has 0 radical (unpaired) electrons. The highest BCUT2D eigenvalue weighted by Crippen LogP contribution is 2.30. The number of oxazole rings is 1. The van der Waals surface area contributed by atoms with E-state index in [1.54, 1.807) is 10.9 Å². The second kappa shape index (κ2) is 6.90. The van der Waals surface area contributed by atoms with Gasteiger partial charge in [-0.25, -0.2) is 9.78 Å². The van der Waals surface area contributed by atoms with Crippen molar-refractivity contribution in [1.82, 2.24) is 25.0 Å². The molecule has 7 nitrogen and oxygen atoms in total. The molecule has 0 aliphatic carbocycles. The molecule has 7 heteroatoms. The van der Waals surface area contributed by atoms with Crippen molar-refractivity contribution in [3.8, 4) is 0 Å². The third kappa shape index (κ3) is 4.03. The largest absolute Gasteiger partial charge is 0.447 e. The number of aromatic nitrogens is 3. The number of hydrogen-bond donors (Lipinski definition) is 1. The maximum absolute atomic E-state index is 12.7. The molecule has 25 heavy (non-hydrogen) atoms. The lowest BCUT2D eigenvalue weighted by atomic mass is 9.93. The van der Waals surface area contributed by atoms with Crippen molar-refractivity contribution >= 4 is 6.03 Å². The van der Waals surface area contributed by atoms with Crippen LogP contribution in [0.2, 0.25) is 0 Å². The SMILES string of the molecule is Cn1cc(C2CCCCN2C(=O)NCc2nc(C(C)(C)C)co2)cn1. The summed E-state index contributed by atoms with van der Waals surface area (Å²) in [6, 6.07) is 0.00112. The lowest BCUT2D eigenvalue weighted by molar-refractivity contribution is 0.150. The van der Waals surface area contributed by atoms with Gasteiger partial charge in [0.2, 0.25) is 5.89 Å². The van der Waals surface area contributed by atoms with Gasteiger partial charge in [-0.15, -0.1) is 0 Å². The zero-order valence-corrected chi connectivity index (χ0v) is 15.5. The van der Waals surface area contributed by atoms with Crippen molar-refractivity contribution in [3.05, 3.63) is 35.8 Å². The third-order valence-corrected chi connectivity index (χ3v) is 4.58. The molecule has 0 aromatic carbocycles. The van der Waals surface area contributed by atoms with Crippen molar-refractivity contribution in [2.75, 3.05) is 6.54 Å². The Labute approximate surface area is 148 Å². The van der Waals surface area contributed by atoms with E-state index in [-0.39, 0.29) is 17.5 Å². The molecule has 2 amide bonds. The van der Waals surface area contributed by atoms with Crippen LogP contribution < -0.4 is 5.32 Å². The van der Waals surface area contributed by atoms with Gasteiger partial charge >= 0.3 is 6.03 Å². The summed E-state index contributed by atoms with van der Waals surface area (Å²) in [4.78, 5) is 19.0. The van der Waals surface area contributed by atoms with Crippen molar-refractivity contribution in [2.45, 2.75) is 58.0 Å². The fourth-order valence-electron chi connectivity index (χ4n) is 3.12. The highest BCUT2D eigenvalue weighted by Gasteiger charge is 2.29. The van der Waals surface area contributed by atoms with Crippen molar-refractivity contribution in [1.29, 1.82) is 0 Å². The molecule has 1 atom stereocenters. The maximum atomic E-state index is 12.7. The number of carbonyl (C=O) groups excluding carboxylic acids is 1. The topological polar surface area (TPSA) is 76.2 Å². The Balaban J connectivity index is 1.64. The van der Waals surface area contributed by atoms with Crippen molar-refractivity contribution in [2.24, 2.45) is 7.05 Å². The number of rotatable bonds is 3. The van der Waals surface area contributed by atoms with Gasteiger partial charge in [0.25, 0.3) is 0 Å². The Kier molecular flexibility index (Phi) is 4.83. The van der Waals surface area contributed by atoms with Crippen LogP contribution in [0.5, 0.6) is 0 Å². The number of urea groups is 1. The van der Waals surface area contributed by atoms with Crippen LogP contribution in [0.25, 0.3) is 0 Å². The maximum Gasteiger partial charge on any atom is 0.318 e. The van der Waals surface area contributed by atoms with E-state index in [9.17, 15) is 4.79 Å². The minimum absolute atomic E-state index is 0.0654. The van der Waals surface area contributed by atoms with E-state index in [0.29, 0.717) is 12.4 Å². The monoisotopic (exact) mass is 345 g/mol. The summed E-state index contributed by atoms with van der Waals surface area (Å²) in [6.45, 7) is 7.30. The number of amides is 2. The van der Waals surface area contributed by atoms with Crippen LogP contribution in [0.1, 0.15) is 63.2 Å². The average molecular weight is 345 g/mol. The van der Waals surface area contributed by atoms with Gasteiger partial charge in [-0.3, -0.25) is 4.68 Å². The molecule has 3 heterocycles. The third-order valence-electron chi connectivity index (χ3n) is 4.58. The first-order valence-corrected chi connectivity index (χ1v) is 8.82. The molecule has 136 valence electrons. The van der Waals surface area contributed by atoms with E-state index in [2.05, 4.69) is 36.2 Å². The number of nitrogens with zero attached hydrogens (tertiary/aromatic N) is 4. The molecule has 1 saturated heterocycles.